The van der Waals surface area contributed by atoms with Crippen LogP contribution in [0, 0.1) is 5.92 Å². The van der Waals surface area contributed by atoms with Crippen molar-refractivity contribution in [3.05, 3.63) is 58.1 Å². The molecule has 0 saturated heterocycles. The molecule has 8 heteroatoms. The molecule has 0 spiro atoms. The maximum atomic E-state index is 13.0. The summed E-state index contributed by atoms with van der Waals surface area (Å²) in [5, 5.41) is 2.52. The lowest BCUT2D eigenvalue weighted by Gasteiger charge is -2.23. The molecule has 2 aromatic carbocycles. The first kappa shape index (κ1) is 23.9. The summed E-state index contributed by atoms with van der Waals surface area (Å²) in [6.45, 7) is 5.97. The van der Waals surface area contributed by atoms with E-state index in [1.54, 1.807) is 6.92 Å². The Morgan fingerprint density at radius 3 is 2.37 bits per heavy atom. The van der Waals surface area contributed by atoms with Gasteiger partial charge in [0.15, 0.2) is 0 Å². The summed E-state index contributed by atoms with van der Waals surface area (Å²) in [7, 11) is 0. The van der Waals surface area contributed by atoms with Crippen LogP contribution in [0.5, 0.6) is 0 Å². The second kappa shape index (κ2) is 10.1. The number of hydrogen-bond donors (Lipinski definition) is 1. The molecule has 1 atom stereocenters. The van der Waals surface area contributed by atoms with Crippen molar-refractivity contribution in [1.82, 2.24) is 0 Å². The number of alkyl halides is 3. The van der Waals surface area contributed by atoms with E-state index in [1.165, 1.54) is 11.0 Å². The first-order valence-electron chi connectivity index (χ1n) is 9.79. The van der Waals surface area contributed by atoms with Crippen LogP contribution in [-0.2, 0) is 22.2 Å². The highest BCUT2D eigenvalue weighted by Crippen LogP contribution is 2.38. The second-order valence-corrected chi connectivity index (χ2v) is 7.34. The number of carbonyl (C=O) groups is 2. The van der Waals surface area contributed by atoms with Gasteiger partial charge in [-0.25, -0.2) is 0 Å². The number of halogens is 4. The quantitative estimate of drug-likeness (QED) is 0.537. The molecule has 1 unspecified atom stereocenters. The van der Waals surface area contributed by atoms with Crippen molar-refractivity contribution in [3.8, 4) is 0 Å². The van der Waals surface area contributed by atoms with Gasteiger partial charge < -0.3 is 10.2 Å². The lowest BCUT2D eigenvalue weighted by Crippen LogP contribution is -2.39. The normalized spacial score (nSPS) is 16.2. The van der Waals surface area contributed by atoms with Gasteiger partial charge in [0.2, 0.25) is 11.8 Å². The number of nitrogens with zero attached hydrogens (tertiary/aromatic N) is 1. The summed E-state index contributed by atoms with van der Waals surface area (Å²) in [4.78, 5) is 27.0. The van der Waals surface area contributed by atoms with E-state index in [-0.39, 0.29) is 24.3 Å². The predicted octanol–water partition coefficient (Wildman–Crippen LogP) is 6.05. The van der Waals surface area contributed by atoms with Gasteiger partial charge in [0.1, 0.15) is 5.92 Å². The monoisotopic (exact) mass is 484 g/mol. The fourth-order valence-corrected chi connectivity index (χ4v) is 3.75. The van der Waals surface area contributed by atoms with E-state index in [4.69, 9.17) is 0 Å². The highest BCUT2D eigenvalue weighted by atomic mass is 79.9. The van der Waals surface area contributed by atoms with Crippen LogP contribution in [0.25, 0.3) is 0 Å². The number of anilines is 2. The van der Waals surface area contributed by atoms with Crippen molar-refractivity contribution in [2.75, 3.05) is 16.8 Å². The Morgan fingerprint density at radius 1 is 1.10 bits per heavy atom. The maximum Gasteiger partial charge on any atom is 0.416 e. The van der Waals surface area contributed by atoms with Gasteiger partial charge in [0, 0.05) is 11.0 Å². The van der Waals surface area contributed by atoms with Gasteiger partial charge in [-0.2, -0.15) is 13.2 Å². The Labute approximate surface area is 182 Å². The Morgan fingerprint density at radius 2 is 1.77 bits per heavy atom. The summed E-state index contributed by atoms with van der Waals surface area (Å²) < 4.78 is 40.0. The molecule has 0 radical (unpaired) electrons. The fraction of sp³-hybridized carbons (Fsp3) is 0.364. The molecule has 1 aliphatic heterocycles. The molecule has 0 bridgehead atoms. The van der Waals surface area contributed by atoms with Crippen LogP contribution in [0.3, 0.4) is 0 Å². The topological polar surface area (TPSA) is 49.4 Å². The van der Waals surface area contributed by atoms with Crippen molar-refractivity contribution in [2.24, 2.45) is 5.92 Å². The van der Waals surface area contributed by atoms with Gasteiger partial charge in [0.25, 0.3) is 0 Å². The summed E-state index contributed by atoms with van der Waals surface area (Å²) in [6, 6.07) is 10.5. The molecule has 1 N–H and O–H groups in total. The van der Waals surface area contributed by atoms with Crippen LogP contribution in [0.15, 0.2) is 46.9 Å². The standard InChI is InChI=1S/C20H18BrF3N2O2.C2H6/c1-2-26-17-10-8-13(20(22,23)24)11-16(17)25-18(27)14(19(26)28)9-7-12-5-3-4-6-15(12)21;1-2/h3-6,8,10-11,14H,2,7,9H2,1H3,(H,25,27);1-2H3. The number of hydrogen-bond acceptors (Lipinski definition) is 2. The molecule has 4 nitrogen and oxygen atoms in total. The van der Waals surface area contributed by atoms with Gasteiger partial charge >= 0.3 is 6.18 Å². The highest BCUT2D eigenvalue weighted by molar-refractivity contribution is 9.10. The summed E-state index contributed by atoms with van der Waals surface area (Å²) >= 11 is 3.44. The van der Waals surface area contributed by atoms with E-state index in [2.05, 4.69) is 21.2 Å². The fourth-order valence-electron chi connectivity index (χ4n) is 3.27. The minimum atomic E-state index is -4.54. The first-order chi connectivity index (χ1) is 14.2. The van der Waals surface area contributed by atoms with E-state index in [0.29, 0.717) is 6.42 Å². The zero-order valence-corrected chi connectivity index (χ0v) is 18.6. The minimum Gasteiger partial charge on any atom is -0.324 e. The Balaban J connectivity index is 0.00000155. The van der Waals surface area contributed by atoms with Crippen LogP contribution in [0.1, 0.15) is 38.3 Å². The average Bonchev–Trinajstić information content (AvgIpc) is 2.81. The van der Waals surface area contributed by atoms with Crippen molar-refractivity contribution in [1.29, 1.82) is 0 Å². The molecule has 3 rings (SSSR count). The van der Waals surface area contributed by atoms with E-state index in [1.807, 2.05) is 38.1 Å². The smallest absolute Gasteiger partial charge is 0.324 e. The van der Waals surface area contributed by atoms with Crippen molar-refractivity contribution in [2.45, 2.75) is 39.8 Å². The SMILES string of the molecule is CC.CCN1C(=O)C(CCc2ccccc2Br)C(=O)Nc2cc(C(F)(F)F)ccc21. The van der Waals surface area contributed by atoms with Crippen LogP contribution < -0.4 is 10.2 Å². The lowest BCUT2D eigenvalue weighted by atomic mass is 9.97. The summed E-state index contributed by atoms with van der Waals surface area (Å²) in [5.41, 5.74) is 0.352. The number of amides is 2. The molecule has 30 heavy (non-hydrogen) atoms. The summed E-state index contributed by atoms with van der Waals surface area (Å²) in [5.74, 6) is -1.98. The second-order valence-electron chi connectivity index (χ2n) is 6.48. The van der Waals surface area contributed by atoms with Crippen LogP contribution in [-0.4, -0.2) is 18.4 Å². The number of nitrogens with one attached hydrogen (secondary N) is 1. The van der Waals surface area contributed by atoms with Gasteiger partial charge in [-0.05, 0) is 49.6 Å². The molecule has 0 fully saturated rings. The Kier molecular flexibility index (Phi) is 8.06. The number of benzene rings is 2. The third-order valence-electron chi connectivity index (χ3n) is 4.73. The maximum absolute atomic E-state index is 13.0. The molecule has 1 heterocycles. The number of fused-ring (bicyclic) bond motifs is 1. The molecule has 0 aliphatic carbocycles. The number of rotatable bonds is 4. The van der Waals surface area contributed by atoms with Crippen molar-refractivity contribution >= 4 is 39.1 Å². The number of carbonyl (C=O) groups excluding carboxylic acids is 2. The third-order valence-corrected chi connectivity index (χ3v) is 5.50. The minimum absolute atomic E-state index is 0.00147. The van der Waals surface area contributed by atoms with Gasteiger partial charge in [0.05, 0.1) is 16.9 Å². The zero-order valence-electron chi connectivity index (χ0n) is 17.0. The molecule has 2 aromatic rings. The molecule has 2 amide bonds. The van der Waals surface area contributed by atoms with Crippen LogP contribution in [0.2, 0.25) is 0 Å². The lowest BCUT2D eigenvalue weighted by molar-refractivity contribution is -0.137. The van der Waals surface area contributed by atoms with Gasteiger partial charge in [-0.1, -0.05) is 48.0 Å². The predicted molar refractivity (Wildman–Crippen MR) is 115 cm³/mol. The van der Waals surface area contributed by atoms with Crippen molar-refractivity contribution in [3.63, 3.8) is 0 Å². The van der Waals surface area contributed by atoms with E-state index in [9.17, 15) is 22.8 Å². The van der Waals surface area contributed by atoms with Crippen molar-refractivity contribution < 1.29 is 22.8 Å². The average molecular weight is 485 g/mol. The summed E-state index contributed by atoms with van der Waals surface area (Å²) in [6.07, 6.45) is -3.80. The van der Waals surface area contributed by atoms with E-state index < -0.39 is 29.5 Å². The first-order valence-corrected chi connectivity index (χ1v) is 10.6. The Bertz CT molecular complexity index is 915. The van der Waals surface area contributed by atoms with Gasteiger partial charge in [-0.15, -0.1) is 0 Å². The third kappa shape index (κ3) is 5.22. The molecular weight excluding hydrogens is 461 g/mol. The highest BCUT2D eigenvalue weighted by Gasteiger charge is 2.37. The molecule has 162 valence electrons. The van der Waals surface area contributed by atoms with Gasteiger partial charge in [-0.3, -0.25) is 9.59 Å². The molecule has 1 aliphatic rings. The van der Waals surface area contributed by atoms with Crippen LogP contribution >= 0.6 is 15.9 Å². The Hall–Kier alpha value is -2.35. The number of aryl methyl sites for hydroxylation is 1. The molecule has 0 saturated carbocycles. The van der Waals surface area contributed by atoms with E-state index >= 15 is 0 Å². The molecular formula is C22H24BrF3N2O2. The molecule has 0 aromatic heterocycles. The van der Waals surface area contributed by atoms with E-state index in [0.717, 1.165) is 22.2 Å². The zero-order chi connectivity index (χ0) is 22.5. The van der Waals surface area contributed by atoms with Crippen LogP contribution in [0.4, 0.5) is 24.5 Å². The largest absolute Gasteiger partial charge is 0.416 e.